The molecule has 0 saturated heterocycles. The number of ether oxygens (including phenoxy) is 1. The van der Waals surface area contributed by atoms with Crippen LogP contribution in [-0.2, 0) is 34.0 Å². The molecule has 0 radical (unpaired) electrons. The number of aliphatic carboxylic acids is 1. The number of nitrogens with zero attached hydrogens (tertiary/aromatic N) is 2. The normalized spacial score (nSPS) is 13.8. The minimum atomic E-state index is -1.03. The number of carboxylic acids is 1. The van der Waals surface area contributed by atoms with Crippen molar-refractivity contribution in [1.82, 2.24) is 4.98 Å². The monoisotopic (exact) mass is 406 g/mol. The van der Waals surface area contributed by atoms with E-state index in [1.807, 2.05) is 19.1 Å². The van der Waals surface area contributed by atoms with Gasteiger partial charge in [0.15, 0.2) is 0 Å². The third-order valence-corrected chi connectivity index (χ3v) is 4.96. The lowest BCUT2D eigenvalue weighted by molar-refractivity contribution is -0.759. The van der Waals surface area contributed by atoms with Crippen LogP contribution in [0.2, 0.25) is 5.02 Å². The van der Waals surface area contributed by atoms with E-state index in [9.17, 15) is 14.9 Å². The second-order valence-electron chi connectivity index (χ2n) is 6.67. The maximum absolute atomic E-state index is 11.2. The van der Waals surface area contributed by atoms with Crippen LogP contribution in [-0.4, -0.2) is 27.8 Å². The molecule has 1 aromatic heterocycles. The predicted molar refractivity (Wildman–Crippen MR) is 100 cm³/mol. The molecule has 1 aliphatic heterocycles. The molecule has 9 heteroatoms. The maximum atomic E-state index is 11.2. The Bertz CT molecular complexity index is 900. The van der Waals surface area contributed by atoms with Gasteiger partial charge in [-0.2, -0.15) is 0 Å². The van der Waals surface area contributed by atoms with Crippen LogP contribution in [0, 0.1) is 23.0 Å². The molecule has 0 aliphatic carbocycles. The Balaban J connectivity index is 1.95. The van der Waals surface area contributed by atoms with Crippen LogP contribution in [0.5, 0.6) is 0 Å². The fourth-order valence-corrected chi connectivity index (χ4v) is 3.57. The van der Waals surface area contributed by atoms with Gasteiger partial charge in [0, 0.05) is 21.8 Å². The zero-order chi connectivity index (χ0) is 20.3. The number of benzene rings is 1. The Labute approximate surface area is 166 Å². The SMILES string of the molecule is Cc1nc(-c2ccc(Cl)cc2)c2c(c1CC(CO[N+](=O)[O-])CC(=O)O)COC2. The fraction of sp³-hybridized carbons (Fsp3) is 0.368. The van der Waals surface area contributed by atoms with E-state index < -0.39 is 17.0 Å². The zero-order valence-corrected chi connectivity index (χ0v) is 15.9. The molecule has 3 rings (SSSR count). The van der Waals surface area contributed by atoms with Gasteiger partial charge in [-0.15, -0.1) is 10.1 Å². The van der Waals surface area contributed by atoms with Crippen molar-refractivity contribution >= 4 is 17.6 Å². The van der Waals surface area contributed by atoms with Crippen molar-refractivity contribution in [2.45, 2.75) is 33.0 Å². The quantitative estimate of drug-likeness (QED) is 0.526. The summed E-state index contributed by atoms with van der Waals surface area (Å²) >= 11 is 5.97. The van der Waals surface area contributed by atoms with Gasteiger partial charge in [-0.1, -0.05) is 23.7 Å². The third kappa shape index (κ3) is 4.58. The lowest BCUT2D eigenvalue weighted by Gasteiger charge is -2.19. The molecule has 1 N–H and O–H groups in total. The highest BCUT2D eigenvalue weighted by Crippen LogP contribution is 2.35. The number of carbonyl (C=O) groups is 1. The molecule has 0 bridgehead atoms. The minimum absolute atomic E-state index is 0.234. The van der Waals surface area contributed by atoms with Gasteiger partial charge in [0.2, 0.25) is 0 Å². The first-order valence-corrected chi connectivity index (χ1v) is 9.07. The summed E-state index contributed by atoms with van der Waals surface area (Å²) in [5.74, 6) is -1.58. The lowest BCUT2D eigenvalue weighted by atomic mass is 9.90. The molecule has 1 unspecified atom stereocenters. The van der Waals surface area contributed by atoms with Gasteiger partial charge < -0.3 is 14.7 Å². The molecule has 0 amide bonds. The van der Waals surface area contributed by atoms with Gasteiger partial charge in [0.1, 0.15) is 6.61 Å². The van der Waals surface area contributed by atoms with Crippen LogP contribution in [0.3, 0.4) is 0 Å². The standard InChI is InChI=1S/C19H19ClN2O6/c1-11-15(6-12(7-18(23)24)8-28-22(25)26)16-9-27-10-17(16)19(21-11)13-2-4-14(20)5-3-13/h2-5,12H,6-10H2,1H3,(H,23,24). The summed E-state index contributed by atoms with van der Waals surface area (Å²) in [5, 5.41) is 19.4. The molecule has 28 heavy (non-hydrogen) atoms. The van der Waals surface area contributed by atoms with Crippen molar-refractivity contribution in [2.75, 3.05) is 6.61 Å². The van der Waals surface area contributed by atoms with E-state index in [0.717, 1.165) is 33.6 Å². The Kier molecular flexibility index (Phi) is 6.11. The van der Waals surface area contributed by atoms with Crippen molar-refractivity contribution in [3.63, 3.8) is 0 Å². The van der Waals surface area contributed by atoms with E-state index in [0.29, 0.717) is 24.7 Å². The molecule has 2 heterocycles. The van der Waals surface area contributed by atoms with Crippen molar-refractivity contribution in [2.24, 2.45) is 5.92 Å². The number of aromatic nitrogens is 1. The molecule has 8 nitrogen and oxygen atoms in total. The summed E-state index contributed by atoms with van der Waals surface area (Å²) in [7, 11) is 0. The molecule has 0 fully saturated rings. The van der Waals surface area contributed by atoms with Crippen LogP contribution in [0.1, 0.15) is 28.8 Å². The molecule has 0 spiro atoms. The summed E-state index contributed by atoms with van der Waals surface area (Å²) in [6.07, 6.45) is 0.0768. The third-order valence-electron chi connectivity index (χ3n) is 4.71. The summed E-state index contributed by atoms with van der Waals surface area (Å²) in [4.78, 5) is 30.8. The molecule has 148 valence electrons. The predicted octanol–water partition coefficient (Wildman–Crippen LogP) is 3.58. The number of fused-ring (bicyclic) bond motifs is 1. The largest absolute Gasteiger partial charge is 0.481 e. The molecule has 1 atom stereocenters. The number of pyridine rings is 1. The first-order chi connectivity index (χ1) is 13.3. The van der Waals surface area contributed by atoms with Gasteiger partial charge in [-0.25, -0.2) is 0 Å². The maximum Gasteiger partial charge on any atom is 0.303 e. The van der Waals surface area contributed by atoms with E-state index in [1.54, 1.807) is 12.1 Å². The van der Waals surface area contributed by atoms with Gasteiger partial charge in [0.05, 0.1) is 25.3 Å². The molecular formula is C19H19ClN2O6. The number of carboxylic acid groups (broad SMARTS) is 1. The first-order valence-electron chi connectivity index (χ1n) is 8.69. The smallest absolute Gasteiger partial charge is 0.303 e. The summed E-state index contributed by atoms with van der Waals surface area (Å²) in [6.45, 7) is 2.36. The highest BCUT2D eigenvalue weighted by atomic mass is 35.5. The van der Waals surface area contributed by atoms with Crippen LogP contribution < -0.4 is 0 Å². The topological polar surface area (TPSA) is 112 Å². The first kappa shape index (κ1) is 20.0. The highest BCUT2D eigenvalue weighted by Gasteiger charge is 2.26. The van der Waals surface area contributed by atoms with Crippen molar-refractivity contribution in [1.29, 1.82) is 0 Å². The lowest BCUT2D eigenvalue weighted by Crippen LogP contribution is -2.20. The van der Waals surface area contributed by atoms with Crippen LogP contribution in [0.15, 0.2) is 24.3 Å². The van der Waals surface area contributed by atoms with Gasteiger partial charge in [-0.3, -0.25) is 9.78 Å². The second kappa shape index (κ2) is 8.53. The molecular weight excluding hydrogens is 388 g/mol. The average Bonchev–Trinajstić information content (AvgIpc) is 3.11. The molecule has 1 aliphatic rings. The van der Waals surface area contributed by atoms with Crippen LogP contribution >= 0.6 is 11.6 Å². The molecule has 2 aromatic rings. The summed E-state index contributed by atoms with van der Waals surface area (Å²) in [6, 6.07) is 7.37. The Morgan fingerprint density at radius 3 is 2.68 bits per heavy atom. The minimum Gasteiger partial charge on any atom is -0.481 e. The number of aryl methyl sites for hydroxylation is 1. The summed E-state index contributed by atoms with van der Waals surface area (Å²) < 4.78 is 5.64. The second-order valence-corrected chi connectivity index (χ2v) is 7.10. The van der Waals surface area contributed by atoms with E-state index in [4.69, 9.17) is 26.4 Å². The number of hydrogen-bond donors (Lipinski definition) is 1. The van der Waals surface area contributed by atoms with E-state index >= 15 is 0 Å². The number of hydrogen-bond acceptors (Lipinski definition) is 6. The Morgan fingerprint density at radius 2 is 2.04 bits per heavy atom. The zero-order valence-electron chi connectivity index (χ0n) is 15.2. The average molecular weight is 407 g/mol. The van der Waals surface area contributed by atoms with Crippen molar-refractivity contribution in [3.8, 4) is 11.3 Å². The van der Waals surface area contributed by atoms with Crippen LogP contribution in [0.4, 0.5) is 0 Å². The summed E-state index contributed by atoms with van der Waals surface area (Å²) in [5.41, 5.74) is 5.25. The number of halogens is 1. The van der Waals surface area contributed by atoms with Crippen molar-refractivity contribution in [3.05, 3.63) is 61.8 Å². The fourth-order valence-electron chi connectivity index (χ4n) is 3.44. The van der Waals surface area contributed by atoms with Crippen molar-refractivity contribution < 1.29 is 24.6 Å². The highest BCUT2D eigenvalue weighted by molar-refractivity contribution is 6.30. The Morgan fingerprint density at radius 1 is 1.36 bits per heavy atom. The van der Waals surface area contributed by atoms with Crippen LogP contribution in [0.25, 0.3) is 11.3 Å². The Hall–Kier alpha value is -2.71. The van der Waals surface area contributed by atoms with E-state index in [1.165, 1.54) is 0 Å². The van der Waals surface area contributed by atoms with E-state index in [2.05, 4.69) is 4.84 Å². The molecule has 0 saturated carbocycles. The van der Waals surface area contributed by atoms with Gasteiger partial charge in [-0.05, 0) is 42.5 Å². The van der Waals surface area contributed by atoms with Gasteiger partial charge >= 0.3 is 5.97 Å². The molecule has 1 aromatic carbocycles. The van der Waals surface area contributed by atoms with Gasteiger partial charge in [0.25, 0.3) is 5.09 Å². The van der Waals surface area contributed by atoms with E-state index in [-0.39, 0.29) is 13.0 Å². The number of rotatable bonds is 8.